The summed E-state index contributed by atoms with van der Waals surface area (Å²) in [7, 11) is 1.94. The summed E-state index contributed by atoms with van der Waals surface area (Å²) in [5.41, 5.74) is 2.37. The quantitative estimate of drug-likeness (QED) is 0.729. The molecule has 1 aromatic heterocycles. The summed E-state index contributed by atoms with van der Waals surface area (Å²) in [6.07, 6.45) is 7.93. The molecule has 1 rings (SSSR count). The molecule has 1 unspecified atom stereocenters. The fourth-order valence-electron chi connectivity index (χ4n) is 1.51. The number of hydrogen-bond acceptors (Lipinski definition) is 2. The van der Waals surface area contributed by atoms with Gasteiger partial charge in [0, 0.05) is 30.8 Å². The van der Waals surface area contributed by atoms with Crippen molar-refractivity contribution in [1.29, 1.82) is 0 Å². The molecule has 3 heteroatoms. The van der Waals surface area contributed by atoms with Gasteiger partial charge < -0.3 is 5.32 Å². The van der Waals surface area contributed by atoms with Gasteiger partial charge in [0.1, 0.15) is 0 Å². The van der Waals surface area contributed by atoms with Gasteiger partial charge in [0.15, 0.2) is 0 Å². The second-order valence-corrected chi connectivity index (χ2v) is 3.33. The van der Waals surface area contributed by atoms with E-state index in [-0.39, 0.29) is 6.04 Å². The third-order valence-electron chi connectivity index (χ3n) is 2.42. The van der Waals surface area contributed by atoms with Crippen molar-refractivity contribution in [3.8, 4) is 12.3 Å². The highest BCUT2D eigenvalue weighted by atomic mass is 15.3. The molecule has 0 aliphatic heterocycles. The van der Waals surface area contributed by atoms with Crippen molar-refractivity contribution in [2.75, 3.05) is 6.54 Å². The van der Waals surface area contributed by atoms with E-state index in [1.807, 2.05) is 17.9 Å². The van der Waals surface area contributed by atoms with Crippen molar-refractivity contribution in [1.82, 2.24) is 15.1 Å². The van der Waals surface area contributed by atoms with Crippen LogP contribution in [0.5, 0.6) is 0 Å². The number of hydrogen-bond donors (Lipinski definition) is 1. The van der Waals surface area contributed by atoms with Crippen molar-refractivity contribution >= 4 is 0 Å². The van der Waals surface area contributed by atoms with Crippen LogP contribution < -0.4 is 5.32 Å². The fourth-order valence-corrected chi connectivity index (χ4v) is 1.51. The van der Waals surface area contributed by atoms with Gasteiger partial charge in [-0.25, -0.2) is 0 Å². The van der Waals surface area contributed by atoms with Crippen LogP contribution in [0, 0.1) is 19.3 Å². The molecule has 0 aliphatic rings. The highest BCUT2D eigenvalue weighted by molar-refractivity contribution is 5.22. The zero-order valence-corrected chi connectivity index (χ0v) is 9.04. The van der Waals surface area contributed by atoms with Gasteiger partial charge in [-0.05, 0) is 13.5 Å². The van der Waals surface area contributed by atoms with Crippen LogP contribution in [0.2, 0.25) is 0 Å². The molecule has 76 valence electrons. The number of rotatable bonds is 4. The van der Waals surface area contributed by atoms with E-state index in [0.29, 0.717) is 6.42 Å². The molecule has 0 spiro atoms. The Morgan fingerprint density at radius 2 is 2.43 bits per heavy atom. The third kappa shape index (κ3) is 2.15. The minimum absolute atomic E-state index is 0.235. The van der Waals surface area contributed by atoms with E-state index in [0.717, 1.165) is 6.54 Å². The van der Waals surface area contributed by atoms with Crippen LogP contribution in [0.25, 0.3) is 0 Å². The molecule has 0 saturated carbocycles. The van der Waals surface area contributed by atoms with Crippen LogP contribution >= 0.6 is 0 Å². The molecule has 0 radical (unpaired) electrons. The van der Waals surface area contributed by atoms with Crippen LogP contribution in [-0.2, 0) is 7.05 Å². The highest BCUT2D eigenvalue weighted by Gasteiger charge is 2.14. The number of aryl methyl sites for hydroxylation is 1. The van der Waals surface area contributed by atoms with Gasteiger partial charge in [0.25, 0.3) is 0 Å². The van der Waals surface area contributed by atoms with E-state index in [4.69, 9.17) is 6.42 Å². The number of nitrogens with zero attached hydrogens (tertiary/aromatic N) is 2. The van der Waals surface area contributed by atoms with Crippen LogP contribution in [0.15, 0.2) is 6.20 Å². The first-order chi connectivity index (χ1) is 6.70. The van der Waals surface area contributed by atoms with E-state index in [1.165, 1.54) is 11.3 Å². The third-order valence-corrected chi connectivity index (χ3v) is 2.42. The maximum atomic E-state index is 5.34. The molecule has 0 bridgehead atoms. The SMILES string of the molecule is C#CCC(NCC)c1cnn(C)c1C. The lowest BCUT2D eigenvalue weighted by Gasteiger charge is -2.14. The second kappa shape index (κ2) is 4.83. The van der Waals surface area contributed by atoms with Crippen molar-refractivity contribution in [3.05, 3.63) is 17.5 Å². The Morgan fingerprint density at radius 1 is 1.71 bits per heavy atom. The maximum Gasteiger partial charge on any atom is 0.0540 e. The van der Waals surface area contributed by atoms with Crippen LogP contribution in [0.1, 0.15) is 30.6 Å². The minimum Gasteiger partial charge on any atom is -0.309 e. The lowest BCUT2D eigenvalue weighted by molar-refractivity contribution is 0.561. The van der Waals surface area contributed by atoms with Crippen LogP contribution in [-0.4, -0.2) is 16.3 Å². The zero-order chi connectivity index (χ0) is 10.6. The Hall–Kier alpha value is -1.27. The lowest BCUT2D eigenvalue weighted by atomic mass is 10.1. The highest BCUT2D eigenvalue weighted by Crippen LogP contribution is 2.19. The molecule has 1 heterocycles. The van der Waals surface area contributed by atoms with E-state index >= 15 is 0 Å². The molecule has 0 saturated heterocycles. The Balaban J connectivity index is 2.88. The summed E-state index contributed by atoms with van der Waals surface area (Å²) in [6, 6.07) is 0.235. The summed E-state index contributed by atoms with van der Waals surface area (Å²) in [5, 5.41) is 7.57. The molecular weight excluding hydrogens is 174 g/mol. The number of terminal acetylenes is 1. The Bertz CT molecular complexity index is 333. The average Bonchev–Trinajstić information content (AvgIpc) is 2.48. The van der Waals surface area contributed by atoms with Gasteiger partial charge >= 0.3 is 0 Å². The molecule has 0 aromatic carbocycles. The lowest BCUT2D eigenvalue weighted by Crippen LogP contribution is -2.20. The fraction of sp³-hybridized carbons (Fsp3) is 0.545. The predicted octanol–water partition coefficient (Wildman–Crippen LogP) is 1.40. The van der Waals surface area contributed by atoms with Crippen molar-refractivity contribution in [2.45, 2.75) is 26.3 Å². The first-order valence-electron chi connectivity index (χ1n) is 4.86. The Labute approximate surface area is 85.5 Å². The number of nitrogens with one attached hydrogen (secondary N) is 1. The zero-order valence-electron chi connectivity index (χ0n) is 9.04. The van der Waals surface area contributed by atoms with Gasteiger partial charge in [-0.1, -0.05) is 6.92 Å². The van der Waals surface area contributed by atoms with Gasteiger partial charge in [-0.3, -0.25) is 4.68 Å². The van der Waals surface area contributed by atoms with E-state index < -0.39 is 0 Å². The normalized spacial score (nSPS) is 12.4. The largest absolute Gasteiger partial charge is 0.309 e. The van der Waals surface area contributed by atoms with Gasteiger partial charge in [-0.2, -0.15) is 5.10 Å². The Morgan fingerprint density at radius 3 is 2.86 bits per heavy atom. The van der Waals surface area contributed by atoms with Crippen molar-refractivity contribution < 1.29 is 0 Å². The Kier molecular flexibility index (Phi) is 3.73. The molecule has 0 fully saturated rings. The molecule has 1 aromatic rings. The van der Waals surface area contributed by atoms with E-state index in [1.54, 1.807) is 0 Å². The van der Waals surface area contributed by atoms with Crippen molar-refractivity contribution in [3.63, 3.8) is 0 Å². The van der Waals surface area contributed by atoms with Gasteiger partial charge in [0.05, 0.1) is 6.20 Å². The molecule has 3 nitrogen and oxygen atoms in total. The first-order valence-corrected chi connectivity index (χ1v) is 4.86. The van der Waals surface area contributed by atoms with Gasteiger partial charge in [0.2, 0.25) is 0 Å². The second-order valence-electron chi connectivity index (χ2n) is 3.33. The standard InChI is InChI=1S/C11H17N3/c1-5-7-11(12-6-2)10-8-13-14(4)9(10)3/h1,8,11-12H,6-7H2,2-4H3. The first kappa shape index (κ1) is 10.8. The minimum atomic E-state index is 0.235. The number of aromatic nitrogens is 2. The summed E-state index contributed by atoms with van der Waals surface area (Å²) < 4.78 is 1.87. The summed E-state index contributed by atoms with van der Waals surface area (Å²) >= 11 is 0. The van der Waals surface area contributed by atoms with Crippen LogP contribution in [0.4, 0.5) is 0 Å². The molecule has 0 amide bonds. The summed E-state index contributed by atoms with van der Waals surface area (Å²) in [6.45, 7) is 5.05. The topological polar surface area (TPSA) is 29.9 Å². The van der Waals surface area contributed by atoms with Gasteiger partial charge in [-0.15, -0.1) is 12.3 Å². The molecular formula is C11H17N3. The predicted molar refractivity (Wildman–Crippen MR) is 57.8 cm³/mol. The van der Waals surface area contributed by atoms with E-state index in [2.05, 4.69) is 30.2 Å². The van der Waals surface area contributed by atoms with E-state index in [9.17, 15) is 0 Å². The molecule has 1 atom stereocenters. The van der Waals surface area contributed by atoms with Crippen molar-refractivity contribution in [2.24, 2.45) is 7.05 Å². The monoisotopic (exact) mass is 191 g/mol. The molecule has 0 aliphatic carbocycles. The average molecular weight is 191 g/mol. The molecule has 1 N–H and O–H groups in total. The smallest absolute Gasteiger partial charge is 0.0540 e. The van der Waals surface area contributed by atoms with Crippen LogP contribution in [0.3, 0.4) is 0 Å². The summed E-state index contributed by atoms with van der Waals surface area (Å²) in [5.74, 6) is 2.69. The maximum absolute atomic E-state index is 5.34. The summed E-state index contributed by atoms with van der Waals surface area (Å²) in [4.78, 5) is 0. The molecule has 14 heavy (non-hydrogen) atoms.